The minimum atomic E-state index is -0.546. The van der Waals surface area contributed by atoms with Crippen LogP contribution in [0.2, 0.25) is 5.02 Å². The smallest absolute Gasteiger partial charge is 0.308 e. The topological polar surface area (TPSA) is 84.5 Å². The molecule has 0 aliphatic heterocycles. The van der Waals surface area contributed by atoms with Crippen molar-refractivity contribution in [2.45, 2.75) is 12.8 Å². The lowest BCUT2D eigenvalue weighted by atomic mass is 10.2. The van der Waals surface area contributed by atoms with Crippen molar-refractivity contribution in [3.8, 4) is 0 Å². The van der Waals surface area contributed by atoms with Gasteiger partial charge >= 0.3 is 5.97 Å². The third-order valence-electron chi connectivity index (χ3n) is 3.36. The van der Waals surface area contributed by atoms with Gasteiger partial charge in [-0.2, -0.15) is 0 Å². The van der Waals surface area contributed by atoms with Crippen molar-refractivity contribution in [3.05, 3.63) is 57.2 Å². The van der Waals surface area contributed by atoms with Gasteiger partial charge in [-0.3, -0.25) is 14.4 Å². The zero-order chi connectivity index (χ0) is 18.8. The minimum absolute atomic E-state index is 0.0121. The van der Waals surface area contributed by atoms with Crippen molar-refractivity contribution >= 4 is 40.7 Å². The Labute approximate surface area is 160 Å². The Balaban J connectivity index is 1.56. The van der Waals surface area contributed by atoms with Gasteiger partial charge in [0.2, 0.25) is 0 Å². The normalized spacial score (nSPS) is 10.2. The highest BCUT2D eigenvalue weighted by Crippen LogP contribution is 2.09. The summed E-state index contributed by atoms with van der Waals surface area (Å²) < 4.78 is 4.88. The van der Waals surface area contributed by atoms with Gasteiger partial charge in [0, 0.05) is 28.6 Å². The van der Waals surface area contributed by atoms with Gasteiger partial charge in [-0.05, 0) is 42.1 Å². The van der Waals surface area contributed by atoms with E-state index >= 15 is 0 Å². The van der Waals surface area contributed by atoms with Crippen LogP contribution in [0.1, 0.15) is 21.7 Å². The number of halogens is 1. The predicted molar refractivity (Wildman–Crippen MR) is 100 cm³/mol. The van der Waals surface area contributed by atoms with E-state index in [9.17, 15) is 14.4 Å². The van der Waals surface area contributed by atoms with Gasteiger partial charge in [0.15, 0.2) is 6.61 Å². The van der Waals surface area contributed by atoms with Crippen molar-refractivity contribution < 1.29 is 19.1 Å². The number of hydrogen-bond acceptors (Lipinski definition) is 5. The van der Waals surface area contributed by atoms with E-state index in [2.05, 4.69) is 10.6 Å². The molecule has 1 aromatic heterocycles. The standard InChI is InChI=1S/C18H19ClN2O4S/c19-14-5-3-13(4-6-14)18(24)21-10-8-17(23)25-12-16(22)20-9-7-15-2-1-11-26-15/h1-6,11H,7-10,12H2,(H,20,22)(H,21,24). The van der Waals surface area contributed by atoms with Crippen molar-refractivity contribution in [2.75, 3.05) is 19.7 Å². The Kier molecular flexibility index (Phi) is 8.11. The zero-order valence-corrected chi connectivity index (χ0v) is 15.6. The molecule has 0 radical (unpaired) electrons. The molecule has 0 fully saturated rings. The quantitative estimate of drug-likeness (QED) is 0.640. The third-order valence-corrected chi connectivity index (χ3v) is 4.55. The molecule has 2 N–H and O–H groups in total. The summed E-state index contributed by atoms with van der Waals surface area (Å²) in [5, 5.41) is 7.81. The van der Waals surface area contributed by atoms with Crippen LogP contribution in [0.15, 0.2) is 41.8 Å². The van der Waals surface area contributed by atoms with Gasteiger partial charge in [0.25, 0.3) is 11.8 Å². The molecular formula is C18H19ClN2O4S. The maximum Gasteiger partial charge on any atom is 0.308 e. The van der Waals surface area contributed by atoms with Gasteiger partial charge in [-0.1, -0.05) is 17.7 Å². The van der Waals surface area contributed by atoms with Gasteiger partial charge in [-0.15, -0.1) is 11.3 Å². The van der Waals surface area contributed by atoms with E-state index in [1.807, 2.05) is 17.5 Å². The Bertz CT molecular complexity index is 732. The first-order valence-electron chi connectivity index (χ1n) is 8.03. The first-order valence-corrected chi connectivity index (χ1v) is 9.29. The number of ether oxygens (including phenoxy) is 1. The molecule has 2 amide bonds. The summed E-state index contributed by atoms with van der Waals surface area (Å²) in [4.78, 5) is 36.2. The number of thiophene rings is 1. The van der Waals surface area contributed by atoms with Crippen LogP contribution in [-0.4, -0.2) is 37.5 Å². The second-order valence-corrected chi connectivity index (χ2v) is 6.82. The summed E-state index contributed by atoms with van der Waals surface area (Å²) in [6.07, 6.45) is 0.732. The maximum atomic E-state index is 11.8. The summed E-state index contributed by atoms with van der Waals surface area (Å²) in [5.74, 6) is -1.20. The molecule has 0 unspecified atom stereocenters. The fraction of sp³-hybridized carbons (Fsp3) is 0.278. The van der Waals surface area contributed by atoms with E-state index in [4.69, 9.17) is 16.3 Å². The van der Waals surface area contributed by atoms with E-state index in [1.165, 1.54) is 4.88 Å². The van der Waals surface area contributed by atoms with Crippen LogP contribution >= 0.6 is 22.9 Å². The number of benzene rings is 1. The largest absolute Gasteiger partial charge is 0.456 e. The highest BCUT2D eigenvalue weighted by atomic mass is 35.5. The molecular weight excluding hydrogens is 376 g/mol. The molecule has 0 bridgehead atoms. The first kappa shape index (κ1) is 19.9. The second kappa shape index (κ2) is 10.6. The van der Waals surface area contributed by atoms with Gasteiger partial charge in [-0.25, -0.2) is 0 Å². The average molecular weight is 395 g/mol. The Morgan fingerprint density at radius 2 is 1.81 bits per heavy atom. The lowest BCUT2D eigenvalue weighted by Crippen LogP contribution is -2.31. The van der Waals surface area contributed by atoms with Gasteiger partial charge in [0.05, 0.1) is 6.42 Å². The fourth-order valence-electron chi connectivity index (χ4n) is 2.03. The number of hydrogen-bond donors (Lipinski definition) is 2. The van der Waals surface area contributed by atoms with E-state index in [0.29, 0.717) is 17.1 Å². The van der Waals surface area contributed by atoms with Crippen LogP contribution in [-0.2, 0) is 20.7 Å². The molecule has 6 nitrogen and oxygen atoms in total. The van der Waals surface area contributed by atoms with Crippen LogP contribution in [0.5, 0.6) is 0 Å². The van der Waals surface area contributed by atoms with E-state index < -0.39 is 5.97 Å². The van der Waals surface area contributed by atoms with Crippen LogP contribution in [0, 0.1) is 0 Å². The molecule has 0 aliphatic rings. The monoisotopic (exact) mass is 394 g/mol. The third kappa shape index (κ3) is 7.25. The first-order chi connectivity index (χ1) is 12.5. The molecule has 0 saturated heterocycles. The molecule has 26 heavy (non-hydrogen) atoms. The minimum Gasteiger partial charge on any atom is -0.456 e. The summed E-state index contributed by atoms with van der Waals surface area (Å²) >= 11 is 7.38. The number of rotatable bonds is 9. The number of carbonyl (C=O) groups is 3. The lowest BCUT2D eigenvalue weighted by molar-refractivity contribution is -0.148. The van der Waals surface area contributed by atoms with Crippen LogP contribution in [0.4, 0.5) is 0 Å². The average Bonchev–Trinajstić information content (AvgIpc) is 3.14. The summed E-state index contributed by atoms with van der Waals surface area (Å²) in [5.41, 5.74) is 0.452. The number of carbonyl (C=O) groups excluding carboxylic acids is 3. The summed E-state index contributed by atoms with van der Waals surface area (Å²) in [6.45, 7) is 0.294. The molecule has 8 heteroatoms. The highest BCUT2D eigenvalue weighted by molar-refractivity contribution is 7.09. The van der Waals surface area contributed by atoms with Crippen molar-refractivity contribution in [1.82, 2.24) is 10.6 Å². The van der Waals surface area contributed by atoms with Crippen LogP contribution in [0.25, 0.3) is 0 Å². The SMILES string of the molecule is O=C(COC(=O)CCNC(=O)c1ccc(Cl)cc1)NCCc1cccs1. The Morgan fingerprint density at radius 3 is 2.50 bits per heavy atom. The molecule has 0 saturated carbocycles. The lowest BCUT2D eigenvalue weighted by Gasteiger charge is -2.07. The summed E-state index contributed by atoms with van der Waals surface area (Å²) in [6, 6.07) is 10.4. The molecule has 0 spiro atoms. The molecule has 1 aromatic carbocycles. The molecule has 1 heterocycles. The van der Waals surface area contributed by atoms with Crippen LogP contribution in [0.3, 0.4) is 0 Å². The zero-order valence-electron chi connectivity index (χ0n) is 14.0. The second-order valence-electron chi connectivity index (χ2n) is 5.35. The molecule has 138 valence electrons. The fourth-order valence-corrected chi connectivity index (χ4v) is 2.87. The van der Waals surface area contributed by atoms with E-state index in [1.54, 1.807) is 35.6 Å². The van der Waals surface area contributed by atoms with Crippen molar-refractivity contribution in [2.24, 2.45) is 0 Å². The van der Waals surface area contributed by atoms with Crippen LogP contribution < -0.4 is 10.6 Å². The molecule has 2 aromatic rings. The van der Waals surface area contributed by atoms with E-state index in [0.717, 1.165) is 6.42 Å². The Hall–Kier alpha value is -2.38. The molecule has 0 atom stereocenters. The highest BCUT2D eigenvalue weighted by Gasteiger charge is 2.09. The van der Waals surface area contributed by atoms with Crippen molar-refractivity contribution in [3.63, 3.8) is 0 Å². The number of nitrogens with one attached hydrogen (secondary N) is 2. The Morgan fingerprint density at radius 1 is 1.04 bits per heavy atom. The molecule has 0 aliphatic carbocycles. The predicted octanol–water partition coefficient (Wildman–Crippen LogP) is 2.42. The van der Waals surface area contributed by atoms with Gasteiger partial charge < -0.3 is 15.4 Å². The van der Waals surface area contributed by atoms with Gasteiger partial charge in [0.1, 0.15) is 0 Å². The summed E-state index contributed by atoms with van der Waals surface area (Å²) in [7, 11) is 0. The molecule has 2 rings (SSSR count). The van der Waals surface area contributed by atoms with E-state index in [-0.39, 0.29) is 31.4 Å². The number of amides is 2. The van der Waals surface area contributed by atoms with Crippen molar-refractivity contribution in [1.29, 1.82) is 0 Å². The number of esters is 1. The maximum absolute atomic E-state index is 11.8.